The minimum atomic E-state index is -0.726. The SMILES string of the molecule is CC1=C(OC2CCCOC2)C(OC(=O)c2ccc([N+](=O)[O-])cc2)CC(C)(C)CC1=O. The zero-order valence-corrected chi connectivity index (χ0v) is 17.5. The molecule has 1 aliphatic carbocycles. The molecule has 0 bridgehead atoms. The Kier molecular flexibility index (Phi) is 6.55. The zero-order valence-electron chi connectivity index (χ0n) is 17.5. The summed E-state index contributed by atoms with van der Waals surface area (Å²) in [6.07, 6.45) is 1.51. The Balaban J connectivity index is 1.85. The molecule has 0 aromatic heterocycles. The van der Waals surface area contributed by atoms with E-state index in [0.717, 1.165) is 12.8 Å². The van der Waals surface area contributed by atoms with E-state index in [2.05, 4.69) is 0 Å². The normalized spacial score (nSPS) is 24.2. The number of Topliss-reactive ketones (excluding diaryl/α,β-unsaturated/α-hetero) is 1. The van der Waals surface area contributed by atoms with Crippen LogP contribution in [0.3, 0.4) is 0 Å². The molecule has 1 aliphatic heterocycles. The van der Waals surface area contributed by atoms with Gasteiger partial charge in [-0.3, -0.25) is 14.9 Å². The van der Waals surface area contributed by atoms with Crippen LogP contribution in [-0.4, -0.2) is 42.1 Å². The highest BCUT2D eigenvalue weighted by molar-refractivity contribution is 5.96. The number of benzene rings is 1. The monoisotopic (exact) mass is 417 g/mol. The summed E-state index contributed by atoms with van der Waals surface area (Å²) in [5.41, 5.74) is 0.178. The number of nitro groups is 1. The van der Waals surface area contributed by atoms with Crippen molar-refractivity contribution in [1.82, 2.24) is 0 Å². The molecule has 0 N–H and O–H groups in total. The van der Waals surface area contributed by atoms with Gasteiger partial charge in [-0.25, -0.2) is 4.79 Å². The molecule has 1 saturated heterocycles. The van der Waals surface area contributed by atoms with Gasteiger partial charge in [0.05, 0.1) is 17.1 Å². The van der Waals surface area contributed by atoms with Crippen molar-refractivity contribution < 1.29 is 28.7 Å². The summed E-state index contributed by atoms with van der Waals surface area (Å²) in [5.74, 6) is -0.259. The molecule has 8 heteroatoms. The molecule has 2 aliphatic rings. The van der Waals surface area contributed by atoms with Gasteiger partial charge in [-0.15, -0.1) is 0 Å². The summed E-state index contributed by atoms with van der Waals surface area (Å²) >= 11 is 0. The Labute approximate surface area is 175 Å². The van der Waals surface area contributed by atoms with Crippen LogP contribution < -0.4 is 0 Å². The number of ketones is 1. The van der Waals surface area contributed by atoms with Gasteiger partial charge >= 0.3 is 5.97 Å². The fourth-order valence-electron chi connectivity index (χ4n) is 3.77. The van der Waals surface area contributed by atoms with Crippen LogP contribution in [0.25, 0.3) is 0 Å². The lowest BCUT2D eigenvalue weighted by molar-refractivity contribution is -0.384. The molecule has 1 aromatic rings. The van der Waals surface area contributed by atoms with E-state index >= 15 is 0 Å². The molecule has 8 nitrogen and oxygen atoms in total. The summed E-state index contributed by atoms with van der Waals surface area (Å²) in [7, 11) is 0. The highest BCUT2D eigenvalue weighted by atomic mass is 16.6. The molecule has 0 spiro atoms. The number of non-ortho nitro benzene ring substituents is 1. The molecular weight excluding hydrogens is 390 g/mol. The number of nitrogens with zero attached hydrogens (tertiary/aromatic N) is 1. The van der Waals surface area contributed by atoms with Crippen LogP contribution in [0.4, 0.5) is 5.69 Å². The lowest BCUT2D eigenvalue weighted by atomic mass is 9.83. The Morgan fingerprint density at radius 3 is 2.57 bits per heavy atom. The number of ether oxygens (including phenoxy) is 3. The number of carbonyl (C=O) groups excluding carboxylic acids is 2. The maximum Gasteiger partial charge on any atom is 0.338 e. The smallest absolute Gasteiger partial charge is 0.338 e. The molecule has 1 aromatic carbocycles. The van der Waals surface area contributed by atoms with Crippen LogP contribution in [0.15, 0.2) is 35.6 Å². The molecule has 0 saturated carbocycles. The Morgan fingerprint density at radius 1 is 1.27 bits per heavy atom. The van der Waals surface area contributed by atoms with Crippen LogP contribution in [-0.2, 0) is 19.0 Å². The number of rotatable bonds is 5. The van der Waals surface area contributed by atoms with Gasteiger partial charge < -0.3 is 14.2 Å². The van der Waals surface area contributed by atoms with Gasteiger partial charge in [-0.2, -0.15) is 0 Å². The van der Waals surface area contributed by atoms with Crippen LogP contribution in [0.1, 0.15) is 56.8 Å². The van der Waals surface area contributed by atoms with Crippen LogP contribution >= 0.6 is 0 Å². The number of hydrogen-bond donors (Lipinski definition) is 0. The quantitative estimate of drug-likeness (QED) is 0.405. The van der Waals surface area contributed by atoms with Gasteiger partial charge in [0.15, 0.2) is 11.9 Å². The summed E-state index contributed by atoms with van der Waals surface area (Å²) in [4.78, 5) is 35.8. The largest absolute Gasteiger partial charge is 0.488 e. The first-order valence-electron chi connectivity index (χ1n) is 10.1. The lowest BCUT2D eigenvalue weighted by Crippen LogP contribution is -2.32. The molecule has 0 radical (unpaired) electrons. The number of esters is 1. The third-order valence-electron chi connectivity index (χ3n) is 5.43. The summed E-state index contributed by atoms with van der Waals surface area (Å²) < 4.78 is 17.4. The summed E-state index contributed by atoms with van der Waals surface area (Å²) in [5, 5.41) is 10.8. The molecule has 2 atom stereocenters. The van der Waals surface area contributed by atoms with Gasteiger partial charge in [0.1, 0.15) is 11.9 Å². The van der Waals surface area contributed by atoms with Crippen LogP contribution in [0.2, 0.25) is 0 Å². The molecule has 3 rings (SSSR count). The lowest BCUT2D eigenvalue weighted by Gasteiger charge is -2.30. The van der Waals surface area contributed by atoms with Crippen molar-refractivity contribution in [2.24, 2.45) is 5.41 Å². The summed E-state index contributed by atoms with van der Waals surface area (Å²) in [6.45, 7) is 6.73. The van der Waals surface area contributed by atoms with Gasteiger partial charge in [0.2, 0.25) is 0 Å². The van der Waals surface area contributed by atoms with E-state index in [1.807, 2.05) is 13.8 Å². The molecule has 1 heterocycles. The molecule has 30 heavy (non-hydrogen) atoms. The molecule has 2 unspecified atom stereocenters. The fraction of sp³-hybridized carbons (Fsp3) is 0.545. The number of hydrogen-bond acceptors (Lipinski definition) is 7. The van der Waals surface area contributed by atoms with Gasteiger partial charge in [-0.1, -0.05) is 13.8 Å². The van der Waals surface area contributed by atoms with Crippen molar-refractivity contribution in [3.8, 4) is 0 Å². The van der Waals surface area contributed by atoms with E-state index in [0.29, 0.717) is 37.4 Å². The molecule has 1 fully saturated rings. The maximum atomic E-state index is 12.8. The summed E-state index contributed by atoms with van der Waals surface area (Å²) in [6, 6.07) is 5.24. The average Bonchev–Trinajstić information content (AvgIpc) is 2.78. The van der Waals surface area contributed by atoms with Crippen molar-refractivity contribution >= 4 is 17.4 Å². The highest BCUT2D eigenvalue weighted by Crippen LogP contribution is 2.38. The first-order chi connectivity index (χ1) is 14.2. The molecule has 162 valence electrons. The van der Waals surface area contributed by atoms with E-state index in [1.54, 1.807) is 6.92 Å². The minimum Gasteiger partial charge on any atom is -0.488 e. The van der Waals surface area contributed by atoms with Crippen LogP contribution in [0, 0.1) is 15.5 Å². The zero-order chi connectivity index (χ0) is 21.9. The van der Waals surface area contributed by atoms with Crippen LogP contribution in [0.5, 0.6) is 0 Å². The molecular formula is C22H27NO7. The standard InChI is InChI=1S/C22H27NO7/c1-14-18(24)11-22(2,3)12-19(20(14)29-17-5-4-10-28-13-17)30-21(25)15-6-8-16(9-7-15)23(26)27/h6-9,17,19H,4-5,10-13H2,1-3H3. The second-order valence-electron chi connectivity index (χ2n) is 8.61. The van der Waals surface area contributed by atoms with Crippen molar-refractivity contribution in [3.63, 3.8) is 0 Å². The fourth-order valence-corrected chi connectivity index (χ4v) is 3.77. The second kappa shape index (κ2) is 8.95. The van der Waals surface area contributed by atoms with E-state index in [4.69, 9.17) is 14.2 Å². The topological polar surface area (TPSA) is 105 Å². The Morgan fingerprint density at radius 2 is 1.97 bits per heavy atom. The Bertz CT molecular complexity index is 851. The second-order valence-corrected chi connectivity index (χ2v) is 8.61. The average molecular weight is 417 g/mol. The van der Waals surface area contributed by atoms with Gasteiger partial charge in [0, 0.05) is 30.7 Å². The number of carbonyl (C=O) groups is 2. The maximum absolute atomic E-state index is 12.8. The van der Waals surface area contributed by atoms with E-state index in [1.165, 1.54) is 24.3 Å². The number of nitro benzene ring substituents is 1. The van der Waals surface area contributed by atoms with E-state index in [-0.39, 0.29) is 28.6 Å². The number of allylic oxidation sites excluding steroid dienone is 1. The Hall–Kier alpha value is -2.74. The third kappa shape index (κ3) is 5.24. The first-order valence-corrected chi connectivity index (χ1v) is 10.1. The van der Waals surface area contributed by atoms with Crippen molar-refractivity contribution in [3.05, 3.63) is 51.3 Å². The minimum absolute atomic E-state index is 0.0272. The van der Waals surface area contributed by atoms with E-state index < -0.39 is 17.0 Å². The molecule has 0 amide bonds. The third-order valence-corrected chi connectivity index (χ3v) is 5.43. The van der Waals surface area contributed by atoms with Crippen molar-refractivity contribution in [2.45, 2.75) is 58.7 Å². The van der Waals surface area contributed by atoms with Gasteiger partial charge in [0.25, 0.3) is 5.69 Å². The predicted octanol–water partition coefficient (Wildman–Crippen LogP) is 3.98. The van der Waals surface area contributed by atoms with Gasteiger partial charge in [-0.05, 0) is 43.7 Å². The van der Waals surface area contributed by atoms with Crippen molar-refractivity contribution in [1.29, 1.82) is 0 Å². The van der Waals surface area contributed by atoms with Crippen molar-refractivity contribution in [2.75, 3.05) is 13.2 Å². The predicted molar refractivity (Wildman–Crippen MR) is 108 cm³/mol. The highest BCUT2D eigenvalue weighted by Gasteiger charge is 2.38. The van der Waals surface area contributed by atoms with E-state index in [9.17, 15) is 19.7 Å². The first kappa shape index (κ1) is 22.0.